The predicted molar refractivity (Wildman–Crippen MR) is 93.6 cm³/mol. The molecule has 0 saturated carbocycles. The molecule has 1 aromatic carbocycles. The van der Waals surface area contributed by atoms with Gasteiger partial charge in [-0.15, -0.1) is 6.42 Å². The largest absolute Gasteiger partial charge is 0.481 e. The van der Waals surface area contributed by atoms with Gasteiger partial charge in [0, 0.05) is 19.3 Å². The Morgan fingerprint density at radius 3 is 2.62 bits per heavy atom. The van der Waals surface area contributed by atoms with Gasteiger partial charge < -0.3 is 9.30 Å². The number of imidazole rings is 1. The van der Waals surface area contributed by atoms with Gasteiger partial charge in [-0.25, -0.2) is 4.98 Å². The summed E-state index contributed by atoms with van der Waals surface area (Å²) in [6.07, 6.45) is 9.14. The SMILES string of the molecule is C#CCOc1ccc(N(C)S(=O)(=O)c2cn([C@H](C)CC)cn2)cc1. The predicted octanol–water partition coefficient (Wildman–Crippen LogP) is 2.69. The molecule has 0 spiro atoms. The molecule has 1 heterocycles. The van der Waals surface area contributed by atoms with E-state index in [-0.39, 0.29) is 17.7 Å². The molecule has 24 heavy (non-hydrogen) atoms. The first-order chi connectivity index (χ1) is 11.4. The monoisotopic (exact) mass is 347 g/mol. The maximum absolute atomic E-state index is 12.7. The van der Waals surface area contributed by atoms with E-state index in [0.717, 1.165) is 6.42 Å². The van der Waals surface area contributed by atoms with Gasteiger partial charge in [-0.05, 0) is 37.6 Å². The Labute approximate surface area is 143 Å². The molecule has 1 aromatic heterocycles. The van der Waals surface area contributed by atoms with Gasteiger partial charge in [0.1, 0.15) is 12.4 Å². The molecule has 0 unspecified atom stereocenters. The lowest BCUT2D eigenvalue weighted by atomic mass is 10.3. The van der Waals surface area contributed by atoms with Crippen LogP contribution < -0.4 is 9.04 Å². The van der Waals surface area contributed by atoms with Crippen LogP contribution in [0.15, 0.2) is 41.8 Å². The van der Waals surface area contributed by atoms with Crippen LogP contribution in [0.25, 0.3) is 0 Å². The molecule has 2 rings (SSSR count). The average Bonchev–Trinajstić information content (AvgIpc) is 3.10. The first kappa shape index (κ1) is 17.9. The molecule has 0 aliphatic heterocycles. The summed E-state index contributed by atoms with van der Waals surface area (Å²) in [5, 5.41) is 0.0259. The van der Waals surface area contributed by atoms with Crippen LogP contribution in [0.1, 0.15) is 26.3 Å². The highest BCUT2D eigenvalue weighted by Crippen LogP contribution is 2.24. The number of sulfonamides is 1. The molecule has 0 N–H and O–H groups in total. The normalized spacial score (nSPS) is 12.4. The van der Waals surface area contributed by atoms with Crippen LogP contribution >= 0.6 is 0 Å². The Morgan fingerprint density at radius 2 is 2.04 bits per heavy atom. The molecule has 7 heteroatoms. The highest BCUT2D eigenvalue weighted by Gasteiger charge is 2.24. The third-order valence-corrected chi connectivity index (χ3v) is 5.50. The zero-order valence-electron chi connectivity index (χ0n) is 14.0. The first-order valence-electron chi connectivity index (χ1n) is 7.59. The minimum atomic E-state index is -3.71. The van der Waals surface area contributed by atoms with Crippen molar-refractivity contribution < 1.29 is 13.2 Å². The molecule has 6 nitrogen and oxygen atoms in total. The molecular formula is C17H21N3O3S. The van der Waals surface area contributed by atoms with Crippen LogP contribution in [0.2, 0.25) is 0 Å². The Hall–Kier alpha value is -2.46. The smallest absolute Gasteiger partial charge is 0.283 e. The molecule has 0 saturated heterocycles. The Balaban J connectivity index is 2.22. The standard InChI is InChI=1S/C17H21N3O3S/c1-5-11-23-16-9-7-15(8-10-16)19(4)24(21,22)17-12-20(13-18-17)14(3)6-2/h1,7-10,12-14H,6,11H2,2-4H3/t14-/m1/s1. The highest BCUT2D eigenvalue weighted by molar-refractivity contribution is 7.92. The van der Waals surface area contributed by atoms with E-state index < -0.39 is 10.0 Å². The van der Waals surface area contributed by atoms with E-state index in [4.69, 9.17) is 11.2 Å². The van der Waals surface area contributed by atoms with Crippen LogP contribution in [-0.2, 0) is 10.0 Å². The van der Waals surface area contributed by atoms with Crippen molar-refractivity contribution in [3.63, 3.8) is 0 Å². The lowest BCUT2D eigenvalue weighted by Gasteiger charge is -2.18. The number of hydrogen-bond donors (Lipinski definition) is 0. The summed E-state index contributed by atoms with van der Waals surface area (Å²) in [4.78, 5) is 4.05. The van der Waals surface area contributed by atoms with Gasteiger partial charge in [0.2, 0.25) is 0 Å². The van der Waals surface area contributed by atoms with E-state index in [1.807, 2.05) is 13.8 Å². The molecule has 0 fully saturated rings. The minimum Gasteiger partial charge on any atom is -0.481 e. The van der Waals surface area contributed by atoms with Crippen molar-refractivity contribution in [1.82, 2.24) is 9.55 Å². The summed E-state index contributed by atoms with van der Waals surface area (Å²) >= 11 is 0. The molecule has 0 radical (unpaired) electrons. The van der Waals surface area contributed by atoms with E-state index in [9.17, 15) is 8.42 Å². The molecule has 0 aliphatic rings. The highest BCUT2D eigenvalue weighted by atomic mass is 32.2. The Bertz CT molecular complexity index is 820. The Kier molecular flexibility index (Phi) is 5.52. The summed E-state index contributed by atoms with van der Waals surface area (Å²) in [5.74, 6) is 2.96. The summed E-state index contributed by atoms with van der Waals surface area (Å²) in [7, 11) is -2.22. The fraction of sp³-hybridized carbons (Fsp3) is 0.353. The van der Waals surface area contributed by atoms with Crippen molar-refractivity contribution in [2.75, 3.05) is 18.0 Å². The maximum atomic E-state index is 12.7. The third-order valence-electron chi connectivity index (χ3n) is 3.82. The van der Waals surface area contributed by atoms with E-state index in [1.165, 1.54) is 11.4 Å². The number of benzene rings is 1. The van der Waals surface area contributed by atoms with Gasteiger partial charge in [0.05, 0.1) is 12.0 Å². The number of hydrogen-bond acceptors (Lipinski definition) is 4. The molecule has 128 valence electrons. The van der Waals surface area contributed by atoms with Gasteiger partial charge in [0.15, 0.2) is 5.03 Å². The van der Waals surface area contributed by atoms with E-state index in [2.05, 4.69) is 10.9 Å². The number of ether oxygens (including phenoxy) is 1. The number of aromatic nitrogens is 2. The van der Waals surface area contributed by atoms with Crippen LogP contribution in [0.3, 0.4) is 0 Å². The number of nitrogens with zero attached hydrogens (tertiary/aromatic N) is 3. The second-order valence-corrected chi connectivity index (χ2v) is 7.29. The number of terminal acetylenes is 1. The summed E-state index contributed by atoms with van der Waals surface area (Å²) in [5.41, 5.74) is 0.515. The van der Waals surface area contributed by atoms with E-state index in [0.29, 0.717) is 11.4 Å². The van der Waals surface area contributed by atoms with Gasteiger partial charge >= 0.3 is 0 Å². The zero-order chi connectivity index (χ0) is 17.7. The van der Waals surface area contributed by atoms with Crippen molar-refractivity contribution in [3.8, 4) is 18.1 Å². The zero-order valence-corrected chi connectivity index (χ0v) is 14.8. The molecule has 0 amide bonds. The second kappa shape index (κ2) is 7.41. The van der Waals surface area contributed by atoms with Crippen molar-refractivity contribution in [2.45, 2.75) is 31.3 Å². The fourth-order valence-electron chi connectivity index (χ4n) is 2.06. The first-order valence-corrected chi connectivity index (χ1v) is 9.03. The summed E-state index contributed by atoms with van der Waals surface area (Å²) < 4.78 is 33.7. The van der Waals surface area contributed by atoms with Crippen molar-refractivity contribution in [2.24, 2.45) is 0 Å². The van der Waals surface area contributed by atoms with Crippen molar-refractivity contribution >= 4 is 15.7 Å². The average molecular weight is 347 g/mol. The molecule has 0 aliphatic carbocycles. The lowest BCUT2D eigenvalue weighted by Crippen LogP contribution is -2.26. The van der Waals surface area contributed by atoms with E-state index in [1.54, 1.807) is 41.4 Å². The Morgan fingerprint density at radius 1 is 1.38 bits per heavy atom. The quantitative estimate of drug-likeness (QED) is 0.723. The third kappa shape index (κ3) is 3.71. The minimum absolute atomic E-state index is 0.0259. The van der Waals surface area contributed by atoms with Crippen LogP contribution in [0.4, 0.5) is 5.69 Å². The van der Waals surface area contributed by atoms with Crippen LogP contribution in [0, 0.1) is 12.3 Å². The maximum Gasteiger partial charge on any atom is 0.283 e. The summed E-state index contributed by atoms with van der Waals surface area (Å²) in [6.45, 7) is 4.21. The topological polar surface area (TPSA) is 64.4 Å². The molecule has 2 aromatic rings. The van der Waals surface area contributed by atoms with Crippen LogP contribution in [0.5, 0.6) is 5.75 Å². The van der Waals surface area contributed by atoms with Gasteiger partial charge in [0.25, 0.3) is 10.0 Å². The second-order valence-electron chi connectivity index (χ2n) is 5.38. The molecule has 1 atom stereocenters. The van der Waals surface area contributed by atoms with Gasteiger partial charge in [-0.2, -0.15) is 8.42 Å². The fourth-order valence-corrected chi connectivity index (χ4v) is 3.17. The molecule has 0 bridgehead atoms. The van der Waals surface area contributed by atoms with E-state index >= 15 is 0 Å². The van der Waals surface area contributed by atoms with Crippen LogP contribution in [-0.4, -0.2) is 31.6 Å². The lowest BCUT2D eigenvalue weighted by molar-refractivity contribution is 0.370. The summed E-state index contributed by atoms with van der Waals surface area (Å²) in [6, 6.07) is 6.87. The van der Waals surface area contributed by atoms with Crippen molar-refractivity contribution in [3.05, 3.63) is 36.8 Å². The number of rotatable bonds is 7. The van der Waals surface area contributed by atoms with Crippen molar-refractivity contribution in [1.29, 1.82) is 0 Å². The molecular weight excluding hydrogens is 326 g/mol. The number of anilines is 1. The van der Waals surface area contributed by atoms with Gasteiger partial charge in [-0.1, -0.05) is 12.8 Å². The van der Waals surface area contributed by atoms with Gasteiger partial charge in [-0.3, -0.25) is 4.31 Å².